The van der Waals surface area contributed by atoms with Gasteiger partial charge in [-0.3, -0.25) is 4.79 Å². The summed E-state index contributed by atoms with van der Waals surface area (Å²) in [4.78, 5) is 15.2. The summed E-state index contributed by atoms with van der Waals surface area (Å²) in [7, 11) is -3.95. The monoisotopic (exact) mass is 445 g/mol. The number of hydrogen-bond donors (Lipinski definition) is 0. The topological polar surface area (TPSA) is 54.5 Å². The molecule has 0 fully saturated rings. The number of rotatable bonds is 6. The summed E-state index contributed by atoms with van der Waals surface area (Å²) in [5.41, 5.74) is 4.79. The van der Waals surface area contributed by atoms with Crippen LogP contribution in [0.2, 0.25) is 0 Å². The van der Waals surface area contributed by atoms with Crippen LogP contribution in [-0.2, 0) is 16.3 Å². The molecule has 0 N–H and O–H groups in total. The van der Waals surface area contributed by atoms with Crippen LogP contribution in [0.25, 0.3) is 0 Å². The van der Waals surface area contributed by atoms with Crippen LogP contribution < -0.4 is 4.90 Å². The Morgan fingerprint density at radius 1 is 0.938 bits per heavy atom. The zero-order chi connectivity index (χ0) is 22.9. The summed E-state index contributed by atoms with van der Waals surface area (Å²) >= 11 is 0. The molecule has 3 aromatic rings. The minimum atomic E-state index is -3.95. The van der Waals surface area contributed by atoms with E-state index in [1.807, 2.05) is 44.2 Å². The number of ketones is 1. The van der Waals surface area contributed by atoms with Crippen LogP contribution in [0, 0.1) is 13.8 Å². The Bertz CT molecular complexity index is 1300. The van der Waals surface area contributed by atoms with Gasteiger partial charge in [-0.25, -0.2) is 8.42 Å². The van der Waals surface area contributed by atoms with Crippen molar-refractivity contribution in [1.82, 2.24) is 0 Å². The SMILES string of the molecule is CCCCc1ccc(N2C=C(C(=O)c3ccc(C)cc3C)S(=O)(=O)c3ccccc32)cc1. The number of aryl methyl sites for hydroxylation is 3. The van der Waals surface area contributed by atoms with Crippen molar-refractivity contribution in [3.8, 4) is 0 Å². The molecule has 4 rings (SSSR count). The molecule has 0 amide bonds. The molecule has 32 heavy (non-hydrogen) atoms. The number of carbonyl (C=O) groups excluding carboxylic acids is 1. The number of Topliss-reactive ketones (excluding diaryl/α,β-unsaturated/α-hetero) is 1. The Hall–Kier alpha value is -3.18. The molecule has 1 aliphatic heterocycles. The highest BCUT2D eigenvalue weighted by Crippen LogP contribution is 2.40. The van der Waals surface area contributed by atoms with Crippen molar-refractivity contribution in [2.45, 2.75) is 44.9 Å². The second kappa shape index (κ2) is 8.75. The van der Waals surface area contributed by atoms with Gasteiger partial charge >= 0.3 is 0 Å². The average molecular weight is 446 g/mol. The van der Waals surface area contributed by atoms with E-state index in [1.165, 1.54) is 11.8 Å². The van der Waals surface area contributed by atoms with E-state index in [4.69, 9.17) is 0 Å². The lowest BCUT2D eigenvalue weighted by Crippen LogP contribution is -2.26. The summed E-state index contributed by atoms with van der Waals surface area (Å²) in [6.07, 6.45) is 4.73. The Kier molecular flexibility index (Phi) is 6.02. The fourth-order valence-corrected chi connectivity index (χ4v) is 5.59. The maximum atomic E-state index is 13.4. The average Bonchev–Trinajstić information content (AvgIpc) is 2.78. The molecule has 0 radical (unpaired) electrons. The van der Waals surface area contributed by atoms with Gasteiger partial charge in [-0.2, -0.15) is 0 Å². The number of unbranched alkanes of at least 4 members (excludes halogenated alkanes) is 1. The smallest absolute Gasteiger partial charge is 0.214 e. The molecule has 0 atom stereocenters. The summed E-state index contributed by atoms with van der Waals surface area (Å²) in [5.74, 6) is -0.485. The van der Waals surface area contributed by atoms with Gasteiger partial charge in [0.1, 0.15) is 4.91 Å². The number of sulfone groups is 1. The number of carbonyl (C=O) groups is 1. The maximum Gasteiger partial charge on any atom is 0.214 e. The third-order valence-electron chi connectivity index (χ3n) is 5.83. The van der Waals surface area contributed by atoms with Gasteiger partial charge in [0, 0.05) is 17.5 Å². The van der Waals surface area contributed by atoms with E-state index in [-0.39, 0.29) is 9.80 Å². The maximum absolute atomic E-state index is 13.4. The van der Waals surface area contributed by atoms with Gasteiger partial charge in [-0.15, -0.1) is 0 Å². The van der Waals surface area contributed by atoms with Crippen LogP contribution in [0.15, 0.2) is 82.7 Å². The van der Waals surface area contributed by atoms with Gasteiger partial charge in [0.2, 0.25) is 15.6 Å². The van der Waals surface area contributed by atoms with Crippen LogP contribution >= 0.6 is 0 Å². The van der Waals surface area contributed by atoms with Gasteiger partial charge in [-0.1, -0.05) is 61.4 Å². The first-order valence-electron chi connectivity index (χ1n) is 10.9. The fourth-order valence-electron chi connectivity index (χ4n) is 4.06. The van der Waals surface area contributed by atoms with Crippen molar-refractivity contribution >= 4 is 27.0 Å². The van der Waals surface area contributed by atoms with Crippen molar-refractivity contribution in [3.05, 3.63) is 100 Å². The number of para-hydroxylation sites is 1. The van der Waals surface area contributed by atoms with E-state index in [9.17, 15) is 13.2 Å². The zero-order valence-corrected chi connectivity index (χ0v) is 19.4. The van der Waals surface area contributed by atoms with Crippen LogP contribution in [0.5, 0.6) is 0 Å². The molecule has 0 bridgehead atoms. The second-order valence-corrected chi connectivity index (χ2v) is 10.1. The molecule has 0 aromatic heterocycles. The van der Waals surface area contributed by atoms with E-state index < -0.39 is 15.6 Å². The number of allylic oxidation sites excluding steroid dienone is 1. The molecular weight excluding hydrogens is 418 g/mol. The first-order valence-corrected chi connectivity index (χ1v) is 12.4. The molecule has 0 spiro atoms. The van der Waals surface area contributed by atoms with E-state index in [0.717, 1.165) is 36.1 Å². The first kappa shape index (κ1) is 22.0. The molecule has 0 unspecified atom stereocenters. The Morgan fingerprint density at radius 2 is 1.66 bits per heavy atom. The van der Waals surface area contributed by atoms with Crippen LogP contribution in [0.4, 0.5) is 11.4 Å². The van der Waals surface area contributed by atoms with Crippen LogP contribution in [0.1, 0.15) is 46.8 Å². The third-order valence-corrected chi connectivity index (χ3v) is 7.63. The Morgan fingerprint density at radius 3 is 2.34 bits per heavy atom. The molecule has 0 aliphatic carbocycles. The lowest BCUT2D eigenvalue weighted by molar-refractivity contribution is 0.104. The number of nitrogens with zero attached hydrogens (tertiary/aromatic N) is 1. The van der Waals surface area contributed by atoms with E-state index >= 15 is 0 Å². The van der Waals surface area contributed by atoms with Crippen molar-refractivity contribution in [3.63, 3.8) is 0 Å². The molecular formula is C27H27NO3S. The summed E-state index contributed by atoms with van der Waals surface area (Å²) in [6, 6.07) is 20.4. The molecule has 1 heterocycles. The van der Waals surface area contributed by atoms with Gasteiger partial charge in [-0.05, 0) is 62.1 Å². The highest BCUT2D eigenvalue weighted by molar-refractivity contribution is 7.96. The normalized spacial score (nSPS) is 14.6. The van der Waals surface area contributed by atoms with Crippen LogP contribution in [0.3, 0.4) is 0 Å². The predicted octanol–water partition coefficient (Wildman–Crippen LogP) is 6.30. The first-order chi connectivity index (χ1) is 15.3. The molecule has 1 aliphatic rings. The number of fused-ring (bicyclic) bond motifs is 1. The van der Waals surface area contributed by atoms with Crippen molar-refractivity contribution in [2.24, 2.45) is 0 Å². The Balaban J connectivity index is 1.83. The number of hydrogen-bond acceptors (Lipinski definition) is 4. The van der Waals surface area contributed by atoms with Crippen LogP contribution in [-0.4, -0.2) is 14.2 Å². The summed E-state index contributed by atoms with van der Waals surface area (Å²) < 4.78 is 26.9. The number of anilines is 2. The standard InChI is InChI=1S/C27H27NO3S/c1-4-5-8-21-12-14-22(15-13-21)28-18-26(27(29)23-16-11-19(2)17-20(23)3)32(30,31)25-10-7-6-9-24(25)28/h6-7,9-18H,4-5,8H2,1-3H3. The quantitative estimate of drug-likeness (QED) is 0.418. The molecule has 0 saturated heterocycles. The van der Waals surface area contributed by atoms with Crippen molar-refractivity contribution in [2.75, 3.05) is 4.90 Å². The molecule has 0 saturated carbocycles. The highest BCUT2D eigenvalue weighted by Gasteiger charge is 2.36. The lowest BCUT2D eigenvalue weighted by Gasteiger charge is -2.29. The lowest BCUT2D eigenvalue weighted by atomic mass is 10.0. The Labute approximate surface area is 190 Å². The highest BCUT2D eigenvalue weighted by atomic mass is 32.2. The van der Waals surface area contributed by atoms with Gasteiger partial charge in [0.25, 0.3) is 0 Å². The fraction of sp³-hybridized carbons (Fsp3) is 0.222. The third kappa shape index (κ3) is 4.00. The molecule has 5 heteroatoms. The second-order valence-electron chi connectivity index (χ2n) is 8.25. The van der Waals surface area contributed by atoms with E-state index in [0.29, 0.717) is 11.3 Å². The summed E-state index contributed by atoms with van der Waals surface area (Å²) in [6.45, 7) is 5.94. The minimum absolute atomic E-state index is 0.144. The minimum Gasteiger partial charge on any atom is -0.314 e. The van der Waals surface area contributed by atoms with Crippen molar-refractivity contribution in [1.29, 1.82) is 0 Å². The van der Waals surface area contributed by atoms with Gasteiger partial charge in [0.15, 0.2) is 0 Å². The predicted molar refractivity (Wildman–Crippen MR) is 129 cm³/mol. The summed E-state index contributed by atoms with van der Waals surface area (Å²) in [5, 5.41) is 0. The molecule has 164 valence electrons. The zero-order valence-electron chi connectivity index (χ0n) is 18.6. The molecule has 4 nitrogen and oxygen atoms in total. The van der Waals surface area contributed by atoms with Gasteiger partial charge < -0.3 is 4.90 Å². The largest absolute Gasteiger partial charge is 0.314 e. The van der Waals surface area contributed by atoms with Gasteiger partial charge in [0.05, 0.1) is 10.6 Å². The van der Waals surface area contributed by atoms with Crippen molar-refractivity contribution < 1.29 is 13.2 Å². The molecule has 3 aromatic carbocycles. The van der Waals surface area contributed by atoms with E-state index in [1.54, 1.807) is 29.2 Å². The number of benzene rings is 3. The van der Waals surface area contributed by atoms with E-state index in [2.05, 4.69) is 19.1 Å².